The normalized spacial score (nSPS) is 25.4. The Hall–Kier alpha value is -0.610. The third-order valence-corrected chi connectivity index (χ3v) is 3.54. The number of carbonyl (C=O) groups excluding carboxylic acids is 1. The van der Waals surface area contributed by atoms with E-state index in [4.69, 9.17) is 4.74 Å². The van der Waals surface area contributed by atoms with Crippen LogP contribution >= 0.6 is 0 Å². The number of nitrogens with zero attached hydrogens (tertiary/aromatic N) is 1. The van der Waals surface area contributed by atoms with Gasteiger partial charge in [-0.3, -0.25) is 4.79 Å². The average Bonchev–Trinajstić information content (AvgIpc) is 2.69. The zero-order valence-corrected chi connectivity index (χ0v) is 10.8. The average molecular weight is 228 g/mol. The van der Waals surface area contributed by atoms with Gasteiger partial charge in [0.05, 0.1) is 13.0 Å². The zero-order chi connectivity index (χ0) is 12.1. The lowest BCUT2D eigenvalue weighted by Gasteiger charge is -2.21. The van der Waals surface area contributed by atoms with Crippen LogP contribution in [0.4, 0.5) is 0 Å². The number of ether oxygens (including phenoxy) is 1. The lowest BCUT2D eigenvalue weighted by atomic mass is 10.0. The summed E-state index contributed by atoms with van der Waals surface area (Å²) in [5.74, 6) is 0.505. The Labute approximate surface area is 98.3 Å². The van der Waals surface area contributed by atoms with Crippen LogP contribution in [-0.2, 0) is 9.53 Å². The van der Waals surface area contributed by atoms with Crippen molar-refractivity contribution in [3.63, 3.8) is 0 Å². The second-order valence-electron chi connectivity index (χ2n) is 4.93. The fourth-order valence-electron chi connectivity index (χ4n) is 2.11. The second kappa shape index (κ2) is 6.21. The Balaban J connectivity index is 2.24. The summed E-state index contributed by atoms with van der Waals surface area (Å²) in [7, 11) is 3.60. The number of hydrogen-bond acceptors (Lipinski definition) is 4. The van der Waals surface area contributed by atoms with E-state index >= 15 is 0 Å². The number of carbonyl (C=O) groups is 1. The summed E-state index contributed by atoms with van der Waals surface area (Å²) >= 11 is 0. The second-order valence-corrected chi connectivity index (χ2v) is 4.93. The van der Waals surface area contributed by atoms with Crippen LogP contribution in [0.15, 0.2) is 0 Å². The Morgan fingerprint density at radius 3 is 2.75 bits per heavy atom. The molecule has 0 aromatic carbocycles. The lowest BCUT2D eigenvalue weighted by Crippen LogP contribution is -2.39. The van der Waals surface area contributed by atoms with E-state index in [1.165, 1.54) is 20.1 Å². The summed E-state index contributed by atoms with van der Waals surface area (Å²) in [5, 5.41) is 3.43. The first-order valence-electron chi connectivity index (χ1n) is 6.04. The molecule has 1 heterocycles. The van der Waals surface area contributed by atoms with E-state index in [0.717, 1.165) is 19.0 Å². The SMILES string of the molecule is COC(=O)C(C)C(C)NCC1CCN(C)C1. The molecule has 16 heavy (non-hydrogen) atoms. The number of hydrogen-bond donors (Lipinski definition) is 1. The van der Waals surface area contributed by atoms with Gasteiger partial charge in [-0.25, -0.2) is 0 Å². The van der Waals surface area contributed by atoms with Crippen molar-refractivity contribution in [2.45, 2.75) is 26.3 Å². The highest BCUT2D eigenvalue weighted by Gasteiger charge is 2.23. The maximum Gasteiger partial charge on any atom is 0.309 e. The van der Waals surface area contributed by atoms with Gasteiger partial charge < -0.3 is 15.0 Å². The fourth-order valence-corrected chi connectivity index (χ4v) is 2.11. The first kappa shape index (κ1) is 13.5. The third kappa shape index (κ3) is 3.76. The number of esters is 1. The van der Waals surface area contributed by atoms with Crippen molar-refractivity contribution >= 4 is 5.97 Å². The summed E-state index contributed by atoms with van der Waals surface area (Å²) in [6, 6.07) is 0.179. The maximum atomic E-state index is 11.3. The smallest absolute Gasteiger partial charge is 0.309 e. The Morgan fingerprint density at radius 2 is 2.25 bits per heavy atom. The molecule has 1 rings (SSSR count). The van der Waals surface area contributed by atoms with Crippen molar-refractivity contribution < 1.29 is 9.53 Å². The van der Waals surface area contributed by atoms with Gasteiger partial charge in [-0.05, 0) is 39.4 Å². The van der Waals surface area contributed by atoms with Crippen molar-refractivity contribution in [2.24, 2.45) is 11.8 Å². The molecule has 0 saturated carbocycles. The van der Waals surface area contributed by atoms with Gasteiger partial charge in [-0.15, -0.1) is 0 Å². The minimum Gasteiger partial charge on any atom is -0.469 e. The van der Waals surface area contributed by atoms with E-state index < -0.39 is 0 Å². The predicted octanol–water partition coefficient (Wildman–Crippen LogP) is 0.725. The van der Waals surface area contributed by atoms with Gasteiger partial charge in [-0.1, -0.05) is 6.92 Å². The van der Waals surface area contributed by atoms with Crippen LogP contribution in [0.2, 0.25) is 0 Å². The third-order valence-electron chi connectivity index (χ3n) is 3.54. The molecular formula is C12H24N2O2. The van der Waals surface area contributed by atoms with Gasteiger partial charge in [-0.2, -0.15) is 0 Å². The van der Waals surface area contributed by atoms with Crippen LogP contribution < -0.4 is 5.32 Å². The number of nitrogens with one attached hydrogen (secondary N) is 1. The van der Waals surface area contributed by atoms with E-state index in [9.17, 15) is 4.79 Å². The monoisotopic (exact) mass is 228 g/mol. The lowest BCUT2D eigenvalue weighted by molar-refractivity contribution is -0.145. The molecule has 1 N–H and O–H groups in total. The maximum absolute atomic E-state index is 11.3. The van der Waals surface area contributed by atoms with Gasteiger partial charge in [0.25, 0.3) is 0 Å². The highest BCUT2D eigenvalue weighted by molar-refractivity contribution is 5.72. The molecule has 94 valence electrons. The van der Waals surface area contributed by atoms with Gasteiger partial charge in [0.2, 0.25) is 0 Å². The molecule has 1 aliphatic rings. The van der Waals surface area contributed by atoms with Gasteiger partial charge in [0.1, 0.15) is 0 Å². The summed E-state index contributed by atoms with van der Waals surface area (Å²) in [6.07, 6.45) is 1.25. The van der Waals surface area contributed by atoms with Crippen molar-refractivity contribution in [3.8, 4) is 0 Å². The number of methoxy groups -OCH3 is 1. The molecule has 4 nitrogen and oxygen atoms in total. The first-order chi connectivity index (χ1) is 7.54. The van der Waals surface area contributed by atoms with Gasteiger partial charge in [0, 0.05) is 12.6 Å². The van der Waals surface area contributed by atoms with Gasteiger partial charge >= 0.3 is 5.97 Å². The molecule has 0 spiro atoms. The topological polar surface area (TPSA) is 41.6 Å². The quantitative estimate of drug-likeness (QED) is 0.704. The van der Waals surface area contributed by atoms with E-state index in [2.05, 4.69) is 17.3 Å². The number of rotatable bonds is 5. The van der Waals surface area contributed by atoms with Crippen LogP contribution in [0, 0.1) is 11.8 Å². The standard InChI is InChI=1S/C12H24N2O2/c1-9(12(15)16-4)10(2)13-7-11-5-6-14(3)8-11/h9-11,13H,5-8H2,1-4H3. The molecular weight excluding hydrogens is 204 g/mol. The molecule has 0 amide bonds. The van der Waals surface area contributed by atoms with Crippen LogP contribution in [0.25, 0.3) is 0 Å². The summed E-state index contributed by atoms with van der Waals surface area (Å²) < 4.78 is 4.73. The molecule has 4 heteroatoms. The first-order valence-corrected chi connectivity index (χ1v) is 6.04. The molecule has 0 aromatic heterocycles. The van der Waals surface area contributed by atoms with Crippen molar-refractivity contribution in [3.05, 3.63) is 0 Å². The molecule has 1 aliphatic heterocycles. The molecule has 0 radical (unpaired) electrons. The van der Waals surface area contributed by atoms with Gasteiger partial charge in [0.15, 0.2) is 0 Å². The van der Waals surface area contributed by atoms with Crippen LogP contribution in [0.5, 0.6) is 0 Å². The van der Waals surface area contributed by atoms with Crippen molar-refractivity contribution in [1.82, 2.24) is 10.2 Å². The summed E-state index contributed by atoms with van der Waals surface area (Å²) in [6.45, 7) is 7.29. The highest BCUT2D eigenvalue weighted by atomic mass is 16.5. The Morgan fingerprint density at radius 1 is 1.56 bits per heavy atom. The molecule has 0 bridgehead atoms. The van der Waals surface area contributed by atoms with E-state index in [1.807, 2.05) is 13.8 Å². The summed E-state index contributed by atoms with van der Waals surface area (Å²) in [5.41, 5.74) is 0. The Bertz CT molecular complexity index is 233. The molecule has 0 aliphatic carbocycles. The minimum absolute atomic E-state index is 0.0795. The van der Waals surface area contributed by atoms with E-state index in [0.29, 0.717) is 0 Å². The van der Waals surface area contributed by atoms with E-state index in [1.54, 1.807) is 0 Å². The van der Waals surface area contributed by atoms with Crippen molar-refractivity contribution in [1.29, 1.82) is 0 Å². The van der Waals surface area contributed by atoms with Crippen LogP contribution in [0.1, 0.15) is 20.3 Å². The minimum atomic E-state index is -0.136. The number of likely N-dealkylation sites (tertiary alicyclic amines) is 1. The molecule has 0 aromatic rings. The Kier molecular flexibility index (Phi) is 5.22. The largest absolute Gasteiger partial charge is 0.469 e. The molecule has 3 atom stereocenters. The predicted molar refractivity (Wildman–Crippen MR) is 64.2 cm³/mol. The van der Waals surface area contributed by atoms with Crippen LogP contribution in [0.3, 0.4) is 0 Å². The van der Waals surface area contributed by atoms with Crippen LogP contribution in [-0.4, -0.2) is 50.7 Å². The summed E-state index contributed by atoms with van der Waals surface area (Å²) in [4.78, 5) is 13.7. The van der Waals surface area contributed by atoms with Crippen molar-refractivity contribution in [2.75, 3.05) is 33.8 Å². The molecule has 1 fully saturated rings. The molecule has 3 unspecified atom stereocenters. The van der Waals surface area contributed by atoms with E-state index in [-0.39, 0.29) is 17.9 Å². The fraction of sp³-hybridized carbons (Fsp3) is 0.917. The highest BCUT2D eigenvalue weighted by Crippen LogP contribution is 2.14. The zero-order valence-electron chi connectivity index (χ0n) is 10.8. The molecule has 1 saturated heterocycles.